The maximum atomic E-state index is 12.2. The number of carbonyl (C=O) groups is 1. The molecular formula is C10H20N2O5S. The molecule has 1 atom stereocenters. The van der Waals surface area contributed by atoms with Crippen LogP contribution >= 0.6 is 0 Å². The number of hydrogen-bond acceptors (Lipinski definition) is 5. The lowest BCUT2D eigenvalue weighted by Crippen LogP contribution is -2.48. The molecule has 0 amide bonds. The molecule has 1 rings (SSSR count). The molecule has 1 aliphatic rings. The van der Waals surface area contributed by atoms with Crippen molar-refractivity contribution < 1.29 is 22.7 Å². The molecule has 7 nitrogen and oxygen atoms in total. The second kappa shape index (κ2) is 6.46. The highest BCUT2D eigenvalue weighted by Gasteiger charge is 2.30. The summed E-state index contributed by atoms with van der Waals surface area (Å²) < 4.78 is 36.6. The van der Waals surface area contributed by atoms with Crippen LogP contribution in [-0.4, -0.2) is 70.0 Å². The minimum absolute atomic E-state index is 0.104. The Balaban J connectivity index is 2.63. The molecule has 0 aliphatic carbocycles. The van der Waals surface area contributed by atoms with Gasteiger partial charge in [-0.05, 0) is 0 Å². The summed E-state index contributed by atoms with van der Waals surface area (Å²) in [5.74, 6) is -0.908. The predicted octanol–water partition coefficient (Wildman–Crippen LogP) is -0.696. The monoisotopic (exact) mass is 280 g/mol. The number of esters is 1. The SMILES string of the molecule is COC(=O)C(C)CN(C)S(=O)(=O)N1CCOCC1. The molecule has 0 aromatic rings. The molecule has 0 radical (unpaired) electrons. The van der Waals surface area contributed by atoms with E-state index in [1.165, 1.54) is 22.8 Å². The van der Waals surface area contributed by atoms with Gasteiger partial charge in [-0.3, -0.25) is 4.79 Å². The highest BCUT2D eigenvalue weighted by atomic mass is 32.2. The van der Waals surface area contributed by atoms with Gasteiger partial charge in [-0.1, -0.05) is 6.92 Å². The van der Waals surface area contributed by atoms with Gasteiger partial charge in [0, 0.05) is 26.7 Å². The second-order valence-corrected chi connectivity index (χ2v) is 6.26. The second-order valence-electron chi connectivity index (χ2n) is 4.22. The van der Waals surface area contributed by atoms with E-state index in [1.807, 2.05) is 0 Å². The van der Waals surface area contributed by atoms with Gasteiger partial charge in [-0.2, -0.15) is 17.0 Å². The van der Waals surface area contributed by atoms with Crippen LogP contribution in [0.2, 0.25) is 0 Å². The lowest BCUT2D eigenvalue weighted by Gasteiger charge is -2.30. The summed E-state index contributed by atoms with van der Waals surface area (Å²) in [6, 6.07) is 0. The Bertz CT molecular complexity index is 378. The Morgan fingerprint density at radius 2 is 2.00 bits per heavy atom. The van der Waals surface area contributed by atoms with E-state index in [9.17, 15) is 13.2 Å². The Kier molecular flexibility index (Phi) is 5.51. The van der Waals surface area contributed by atoms with Gasteiger partial charge in [-0.15, -0.1) is 0 Å². The van der Waals surface area contributed by atoms with Crippen LogP contribution in [-0.2, 0) is 24.5 Å². The summed E-state index contributed by atoms with van der Waals surface area (Å²) in [4.78, 5) is 11.3. The number of methoxy groups -OCH3 is 1. The molecule has 106 valence electrons. The van der Waals surface area contributed by atoms with Crippen molar-refractivity contribution in [1.82, 2.24) is 8.61 Å². The first kappa shape index (κ1) is 15.4. The van der Waals surface area contributed by atoms with Crippen LogP contribution in [0.25, 0.3) is 0 Å². The van der Waals surface area contributed by atoms with Gasteiger partial charge in [0.1, 0.15) is 0 Å². The van der Waals surface area contributed by atoms with Crippen LogP contribution < -0.4 is 0 Å². The summed E-state index contributed by atoms with van der Waals surface area (Å²) in [5, 5.41) is 0. The summed E-state index contributed by atoms with van der Waals surface area (Å²) in [6.07, 6.45) is 0. The zero-order valence-corrected chi connectivity index (χ0v) is 11.8. The van der Waals surface area contributed by atoms with Crippen LogP contribution in [0.5, 0.6) is 0 Å². The number of carbonyl (C=O) groups excluding carboxylic acids is 1. The van der Waals surface area contributed by atoms with E-state index in [0.29, 0.717) is 26.3 Å². The smallest absolute Gasteiger partial charge is 0.309 e. The molecule has 0 aromatic carbocycles. The van der Waals surface area contributed by atoms with E-state index in [4.69, 9.17) is 4.74 Å². The number of morpholine rings is 1. The first-order chi connectivity index (χ1) is 8.39. The van der Waals surface area contributed by atoms with Crippen molar-refractivity contribution in [3.8, 4) is 0 Å². The highest BCUT2D eigenvalue weighted by Crippen LogP contribution is 2.11. The van der Waals surface area contributed by atoms with Gasteiger partial charge in [0.15, 0.2) is 0 Å². The lowest BCUT2D eigenvalue weighted by atomic mass is 10.2. The third kappa shape index (κ3) is 3.64. The first-order valence-corrected chi connectivity index (χ1v) is 7.16. The van der Waals surface area contributed by atoms with Gasteiger partial charge < -0.3 is 9.47 Å². The molecule has 0 spiro atoms. The van der Waals surface area contributed by atoms with Crippen LogP contribution in [0.4, 0.5) is 0 Å². The average molecular weight is 280 g/mol. The van der Waals surface area contributed by atoms with E-state index < -0.39 is 22.1 Å². The largest absolute Gasteiger partial charge is 0.469 e. The summed E-state index contributed by atoms with van der Waals surface area (Å²) >= 11 is 0. The quantitative estimate of drug-likeness (QED) is 0.623. The molecule has 0 bridgehead atoms. The third-order valence-corrected chi connectivity index (χ3v) is 4.78. The predicted molar refractivity (Wildman–Crippen MR) is 65.1 cm³/mol. The summed E-state index contributed by atoms with van der Waals surface area (Å²) in [5.41, 5.74) is 0. The molecule has 8 heteroatoms. The molecular weight excluding hydrogens is 260 g/mol. The number of nitrogens with zero attached hydrogens (tertiary/aromatic N) is 2. The fourth-order valence-electron chi connectivity index (χ4n) is 1.73. The molecule has 1 heterocycles. The van der Waals surface area contributed by atoms with E-state index in [2.05, 4.69) is 4.74 Å². The Morgan fingerprint density at radius 1 is 1.44 bits per heavy atom. The van der Waals surface area contributed by atoms with Crippen LogP contribution in [0.3, 0.4) is 0 Å². The van der Waals surface area contributed by atoms with E-state index >= 15 is 0 Å². The van der Waals surface area contributed by atoms with E-state index in [1.54, 1.807) is 6.92 Å². The van der Waals surface area contributed by atoms with E-state index in [-0.39, 0.29) is 6.54 Å². The maximum Gasteiger partial charge on any atom is 0.309 e. The zero-order chi connectivity index (χ0) is 13.8. The van der Waals surface area contributed by atoms with Crippen LogP contribution in [0, 0.1) is 5.92 Å². The minimum Gasteiger partial charge on any atom is -0.469 e. The van der Waals surface area contributed by atoms with E-state index in [0.717, 1.165) is 0 Å². The molecule has 0 aromatic heterocycles. The number of ether oxygens (including phenoxy) is 2. The van der Waals surface area contributed by atoms with Crippen LogP contribution in [0.1, 0.15) is 6.92 Å². The number of hydrogen-bond donors (Lipinski definition) is 0. The van der Waals surface area contributed by atoms with Crippen LogP contribution in [0.15, 0.2) is 0 Å². The topological polar surface area (TPSA) is 76.2 Å². The lowest BCUT2D eigenvalue weighted by molar-refractivity contribution is -0.145. The average Bonchev–Trinajstić information content (AvgIpc) is 2.38. The molecule has 1 saturated heterocycles. The fourth-order valence-corrected chi connectivity index (χ4v) is 3.15. The summed E-state index contributed by atoms with van der Waals surface area (Å²) in [6.45, 7) is 3.24. The molecule has 1 unspecified atom stereocenters. The Labute approximate surface area is 108 Å². The van der Waals surface area contributed by atoms with Gasteiger partial charge >= 0.3 is 5.97 Å². The Morgan fingerprint density at radius 3 is 2.50 bits per heavy atom. The minimum atomic E-state index is -3.52. The summed E-state index contributed by atoms with van der Waals surface area (Å²) in [7, 11) is -0.770. The van der Waals surface area contributed by atoms with Crippen molar-refractivity contribution in [1.29, 1.82) is 0 Å². The first-order valence-electron chi connectivity index (χ1n) is 5.76. The van der Waals surface area contributed by atoms with Crippen molar-refractivity contribution in [2.45, 2.75) is 6.92 Å². The van der Waals surface area contributed by atoms with Crippen molar-refractivity contribution in [3.63, 3.8) is 0 Å². The third-order valence-electron chi connectivity index (χ3n) is 2.82. The molecule has 0 saturated carbocycles. The molecule has 1 fully saturated rings. The van der Waals surface area contributed by atoms with Gasteiger partial charge in [-0.25, -0.2) is 0 Å². The van der Waals surface area contributed by atoms with Crippen molar-refractivity contribution >= 4 is 16.2 Å². The van der Waals surface area contributed by atoms with Crippen molar-refractivity contribution in [2.75, 3.05) is 47.0 Å². The molecule has 1 aliphatic heterocycles. The fraction of sp³-hybridized carbons (Fsp3) is 0.900. The van der Waals surface area contributed by atoms with Gasteiger partial charge in [0.2, 0.25) is 0 Å². The standard InChI is InChI=1S/C10H20N2O5S/c1-9(10(13)16-3)8-11(2)18(14,15)12-4-6-17-7-5-12/h9H,4-8H2,1-3H3. The Hall–Kier alpha value is -0.700. The van der Waals surface area contributed by atoms with Gasteiger partial charge in [0.05, 0.1) is 26.2 Å². The molecule has 18 heavy (non-hydrogen) atoms. The number of rotatable bonds is 5. The molecule has 0 N–H and O–H groups in total. The zero-order valence-electron chi connectivity index (χ0n) is 11.0. The van der Waals surface area contributed by atoms with Crippen molar-refractivity contribution in [2.24, 2.45) is 5.92 Å². The normalized spacial score (nSPS) is 19.8. The van der Waals surface area contributed by atoms with Gasteiger partial charge in [0.25, 0.3) is 10.2 Å². The highest BCUT2D eigenvalue weighted by molar-refractivity contribution is 7.86. The maximum absolute atomic E-state index is 12.2. The van der Waals surface area contributed by atoms with Crippen molar-refractivity contribution in [3.05, 3.63) is 0 Å².